The number of rotatable bonds is 3. The van der Waals surface area contributed by atoms with Gasteiger partial charge in [-0.15, -0.1) is 11.8 Å². The van der Waals surface area contributed by atoms with Crippen molar-refractivity contribution in [3.8, 4) is 11.1 Å². The van der Waals surface area contributed by atoms with E-state index in [1.54, 1.807) is 23.9 Å². The van der Waals surface area contributed by atoms with Gasteiger partial charge in [-0.3, -0.25) is 4.90 Å². The number of nitrogens with zero attached hydrogens (tertiary/aromatic N) is 4. The molecule has 1 atom stereocenters. The van der Waals surface area contributed by atoms with Crippen LogP contribution in [0.15, 0.2) is 40.2 Å². The van der Waals surface area contributed by atoms with E-state index in [-0.39, 0.29) is 17.9 Å². The van der Waals surface area contributed by atoms with Crippen molar-refractivity contribution in [3.05, 3.63) is 46.7 Å². The molecule has 0 radical (unpaired) electrons. The Balaban J connectivity index is 1.34. The molecular formula is C29H32ClFN5O2S+. The predicted molar refractivity (Wildman–Crippen MR) is 152 cm³/mol. The fourth-order valence-corrected chi connectivity index (χ4v) is 8.07. The van der Waals surface area contributed by atoms with Gasteiger partial charge in [0, 0.05) is 41.6 Å². The minimum Gasteiger partial charge on any atom is -0.380 e. The number of halogens is 2. The molecule has 1 spiro atoms. The molecule has 5 aliphatic rings. The summed E-state index contributed by atoms with van der Waals surface area (Å²) in [5.41, 5.74) is 4.86. The highest BCUT2D eigenvalue weighted by Crippen LogP contribution is 2.49. The molecule has 204 valence electrons. The van der Waals surface area contributed by atoms with Gasteiger partial charge in [-0.2, -0.15) is 9.37 Å². The number of piperazine rings is 1. The number of hydrogen-bond acceptors (Lipinski definition) is 6. The van der Waals surface area contributed by atoms with Crippen LogP contribution in [0, 0.1) is 11.2 Å². The zero-order valence-corrected chi connectivity index (χ0v) is 23.6. The number of piperidine rings is 1. The molecule has 0 bridgehead atoms. The fourth-order valence-electron chi connectivity index (χ4n) is 6.46. The zero-order valence-electron chi connectivity index (χ0n) is 22.0. The van der Waals surface area contributed by atoms with Gasteiger partial charge in [-0.05, 0) is 56.6 Å². The Kier molecular flexibility index (Phi) is 6.55. The Morgan fingerprint density at radius 2 is 2.00 bits per heavy atom. The Morgan fingerprint density at radius 1 is 1.23 bits per heavy atom. The van der Waals surface area contributed by atoms with Crippen LogP contribution in [0.5, 0.6) is 0 Å². The first kappa shape index (κ1) is 25.7. The number of amides is 2. The van der Waals surface area contributed by atoms with Crippen LogP contribution in [0.1, 0.15) is 25.3 Å². The average molecular weight is 569 g/mol. The minimum atomic E-state index is -0.291. The molecular weight excluding hydrogens is 537 g/mol. The number of likely N-dealkylation sites (tertiary alicyclic amines) is 1. The first-order valence-corrected chi connectivity index (χ1v) is 15.1. The number of hydrogen-bond donors (Lipinski definition) is 1. The van der Waals surface area contributed by atoms with Gasteiger partial charge in [0.1, 0.15) is 11.5 Å². The summed E-state index contributed by atoms with van der Waals surface area (Å²) >= 11 is 8.70. The monoisotopic (exact) mass is 568 g/mol. The first-order chi connectivity index (χ1) is 18.9. The lowest BCUT2D eigenvalue weighted by Gasteiger charge is -2.47. The molecule has 0 saturated carbocycles. The summed E-state index contributed by atoms with van der Waals surface area (Å²) in [6.45, 7) is 9.08. The zero-order chi connectivity index (χ0) is 26.7. The van der Waals surface area contributed by atoms with E-state index in [2.05, 4.69) is 22.0 Å². The van der Waals surface area contributed by atoms with Crippen LogP contribution in [-0.2, 0) is 4.74 Å². The third kappa shape index (κ3) is 4.43. The molecule has 2 aromatic rings. The van der Waals surface area contributed by atoms with E-state index in [1.165, 1.54) is 12.1 Å². The van der Waals surface area contributed by atoms with Crippen molar-refractivity contribution >= 4 is 46.6 Å². The second-order valence-corrected chi connectivity index (χ2v) is 12.8. The SMILES string of the molecule is C[C@H]1CNCCN1C1=NC(=O)[N+]2=C(CN3CCC4(CC3)COC4)CSc3c(-c4ccc(F)cc4)c(Cl)cc1c32. The summed E-state index contributed by atoms with van der Waals surface area (Å²) in [6.07, 6.45) is 2.27. The summed E-state index contributed by atoms with van der Waals surface area (Å²) in [7, 11) is 0. The Morgan fingerprint density at radius 3 is 2.69 bits per heavy atom. The van der Waals surface area contributed by atoms with Crippen LogP contribution in [0.2, 0.25) is 5.02 Å². The highest BCUT2D eigenvalue weighted by atomic mass is 35.5. The molecule has 10 heteroatoms. The van der Waals surface area contributed by atoms with E-state index < -0.39 is 0 Å². The third-order valence-corrected chi connectivity index (χ3v) is 10.3. The van der Waals surface area contributed by atoms with Crippen LogP contribution in [-0.4, -0.2) is 96.2 Å². The predicted octanol–water partition coefficient (Wildman–Crippen LogP) is 4.62. The van der Waals surface area contributed by atoms with E-state index in [0.29, 0.717) is 22.0 Å². The summed E-state index contributed by atoms with van der Waals surface area (Å²) in [5.74, 6) is 1.08. The number of thioether (sulfide) groups is 1. The molecule has 3 saturated heterocycles. The summed E-state index contributed by atoms with van der Waals surface area (Å²) in [5, 5.41) is 4.01. The van der Waals surface area contributed by atoms with Crippen LogP contribution in [0.3, 0.4) is 0 Å². The molecule has 7 nitrogen and oxygen atoms in total. The summed E-state index contributed by atoms with van der Waals surface area (Å²) in [6, 6.07) is 8.34. The van der Waals surface area contributed by atoms with Gasteiger partial charge in [-0.1, -0.05) is 23.7 Å². The summed E-state index contributed by atoms with van der Waals surface area (Å²) in [4.78, 5) is 24.2. The minimum absolute atomic E-state index is 0.193. The van der Waals surface area contributed by atoms with Crippen LogP contribution in [0.25, 0.3) is 11.1 Å². The normalized spacial score (nSPS) is 24.5. The van der Waals surface area contributed by atoms with Gasteiger partial charge in [-0.25, -0.2) is 4.39 Å². The van der Waals surface area contributed by atoms with Crippen LogP contribution in [0.4, 0.5) is 14.9 Å². The molecule has 0 aliphatic carbocycles. The highest BCUT2D eigenvalue weighted by Gasteiger charge is 2.45. The molecule has 5 heterocycles. The maximum absolute atomic E-state index is 13.9. The van der Waals surface area contributed by atoms with Crippen molar-refractivity contribution in [1.29, 1.82) is 0 Å². The van der Waals surface area contributed by atoms with Crippen molar-refractivity contribution in [2.24, 2.45) is 10.4 Å². The number of nitrogens with one attached hydrogen (secondary N) is 1. The Bertz CT molecular complexity index is 1400. The molecule has 3 fully saturated rings. The lowest BCUT2D eigenvalue weighted by atomic mass is 9.77. The number of benzene rings is 2. The van der Waals surface area contributed by atoms with E-state index >= 15 is 0 Å². The van der Waals surface area contributed by atoms with E-state index in [9.17, 15) is 9.18 Å². The molecule has 5 aliphatic heterocycles. The topological polar surface area (TPSA) is 60.2 Å². The molecule has 2 amide bonds. The highest BCUT2D eigenvalue weighted by molar-refractivity contribution is 8.00. The number of carbonyl (C=O) groups is 1. The molecule has 7 rings (SSSR count). The van der Waals surface area contributed by atoms with Crippen molar-refractivity contribution in [1.82, 2.24) is 15.1 Å². The second-order valence-electron chi connectivity index (χ2n) is 11.4. The number of amidine groups is 1. The maximum atomic E-state index is 13.9. The second kappa shape index (κ2) is 9.96. The molecule has 39 heavy (non-hydrogen) atoms. The van der Waals surface area contributed by atoms with E-state index in [1.807, 2.05) is 10.6 Å². The summed E-state index contributed by atoms with van der Waals surface area (Å²) < 4.78 is 21.1. The van der Waals surface area contributed by atoms with Gasteiger partial charge < -0.3 is 15.0 Å². The quantitative estimate of drug-likeness (QED) is 0.545. The van der Waals surface area contributed by atoms with Crippen LogP contribution >= 0.6 is 23.4 Å². The standard InChI is InChI=1S/C29H32ClFN5O2S/c1-18-13-32-8-11-35(18)27-22-12-23(30)24(19-2-4-20(31)5-3-19)26-25(22)36(28(37)33-27)21(15-39-26)14-34-9-6-29(7-10-34)16-38-17-29/h2-5,12,18,32H,6-11,13-17H2,1H3/q+1/t18-/m0/s1. The van der Waals surface area contributed by atoms with Crippen molar-refractivity contribution in [2.45, 2.75) is 30.7 Å². The molecule has 0 unspecified atom stereocenters. The van der Waals surface area contributed by atoms with Gasteiger partial charge in [0.2, 0.25) is 0 Å². The number of carbonyl (C=O) groups excluding carboxylic acids is 1. The molecule has 0 aromatic heterocycles. The Hall–Kier alpha value is -2.30. The number of ether oxygens (including phenoxy) is 1. The van der Waals surface area contributed by atoms with Gasteiger partial charge >= 0.3 is 6.03 Å². The van der Waals surface area contributed by atoms with E-state index in [0.717, 1.165) is 98.3 Å². The third-order valence-electron chi connectivity index (χ3n) is 8.81. The van der Waals surface area contributed by atoms with Crippen molar-refractivity contribution in [2.75, 3.05) is 58.2 Å². The van der Waals surface area contributed by atoms with E-state index in [4.69, 9.17) is 21.3 Å². The average Bonchev–Trinajstić information content (AvgIpc) is 2.92. The number of aliphatic imine (C=N–C) groups is 1. The lowest BCUT2D eigenvalue weighted by Crippen LogP contribution is -2.54. The fraction of sp³-hybridized carbons (Fsp3) is 0.483. The lowest BCUT2D eigenvalue weighted by molar-refractivity contribution is -0.337. The van der Waals surface area contributed by atoms with Crippen LogP contribution < -0.4 is 5.32 Å². The van der Waals surface area contributed by atoms with Crippen molar-refractivity contribution in [3.63, 3.8) is 0 Å². The van der Waals surface area contributed by atoms with Gasteiger partial charge in [0.05, 0.1) is 41.0 Å². The number of urea groups is 1. The van der Waals surface area contributed by atoms with Gasteiger partial charge in [0.25, 0.3) is 5.84 Å². The van der Waals surface area contributed by atoms with Gasteiger partial charge in [0.15, 0.2) is 5.69 Å². The largest absolute Gasteiger partial charge is 0.546 e. The van der Waals surface area contributed by atoms with Crippen molar-refractivity contribution < 1.29 is 18.5 Å². The first-order valence-electron chi connectivity index (χ1n) is 13.7. The molecule has 1 N–H and O–H groups in total. The Labute approximate surface area is 237 Å². The smallest absolute Gasteiger partial charge is 0.380 e. The maximum Gasteiger partial charge on any atom is 0.546 e. The molecule has 2 aromatic carbocycles.